The molecular formula is C26H24N4O. The van der Waals surface area contributed by atoms with Crippen LogP contribution in [0.2, 0.25) is 0 Å². The molecule has 4 rings (SSSR count). The van der Waals surface area contributed by atoms with Gasteiger partial charge in [-0.15, -0.1) is 0 Å². The first kappa shape index (κ1) is 20.3. The Morgan fingerprint density at radius 2 is 1.58 bits per heavy atom. The highest BCUT2D eigenvalue weighted by Crippen LogP contribution is 2.21. The number of rotatable bonds is 8. The van der Waals surface area contributed by atoms with Crippen LogP contribution < -0.4 is 10.6 Å². The average Bonchev–Trinajstić information content (AvgIpc) is 2.83. The summed E-state index contributed by atoms with van der Waals surface area (Å²) in [6, 6.07) is 29.5. The minimum Gasteiger partial charge on any atom is -0.352 e. The lowest BCUT2D eigenvalue weighted by Gasteiger charge is -2.10. The third-order valence-corrected chi connectivity index (χ3v) is 4.90. The number of carbonyl (C=O) groups is 1. The number of hydrogen-bond donors (Lipinski definition) is 2. The van der Waals surface area contributed by atoms with E-state index in [1.54, 1.807) is 0 Å². The maximum absolute atomic E-state index is 12.5. The Kier molecular flexibility index (Phi) is 6.65. The second-order valence-electron chi connectivity index (χ2n) is 7.21. The summed E-state index contributed by atoms with van der Waals surface area (Å²) >= 11 is 0. The van der Waals surface area contributed by atoms with E-state index in [1.807, 2.05) is 78.9 Å². The molecule has 0 unspecified atom stereocenters. The van der Waals surface area contributed by atoms with Gasteiger partial charge in [0, 0.05) is 29.4 Å². The molecule has 0 fully saturated rings. The van der Waals surface area contributed by atoms with Crippen molar-refractivity contribution in [3.8, 4) is 11.3 Å². The standard InChI is InChI=1S/C26H24N4O/c31-26(27-16-8-11-20-9-3-1-4-10-20)22-14-7-15-23(17-22)30-25-18-24(28-19-29-25)21-12-5-2-6-13-21/h1-7,9-10,12-15,17-19H,8,11,16H2,(H,27,31)(H,28,29,30). The van der Waals surface area contributed by atoms with Crippen molar-refractivity contribution in [3.63, 3.8) is 0 Å². The minimum atomic E-state index is -0.0793. The number of nitrogens with zero attached hydrogens (tertiary/aromatic N) is 2. The molecular weight excluding hydrogens is 384 g/mol. The summed E-state index contributed by atoms with van der Waals surface area (Å²) in [6.45, 7) is 0.637. The number of nitrogens with one attached hydrogen (secondary N) is 2. The molecule has 1 aromatic heterocycles. The molecule has 1 heterocycles. The lowest BCUT2D eigenvalue weighted by atomic mass is 10.1. The Hall–Kier alpha value is -3.99. The van der Waals surface area contributed by atoms with Crippen molar-refractivity contribution in [1.29, 1.82) is 0 Å². The molecule has 5 nitrogen and oxygen atoms in total. The Labute approximate surface area is 182 Å². The van der Waals surface area contributed by atoms with Crippen LogP contribution >= 0.6 is 0 Å². The second kappa shape index (κ2) is 10.2. The Balaban J connectivity index is 1.35. The Morgan fingerprint density at radius 1 is 0.806 bits per heavy atom. The molecule has 3 aromatic carbocycles. The topological polar surface area (TPSA) is 66.9 Å². The molecule has 0 aliphatic heterocycles. The zero-order chi connectivity index (χ0) is 21.3. The summed E-state index contributed by atoms with van der Waals surface area (Å²) in [4.78, 5) is 21.2. The molecule has 2 N–H and O–H groups in total. The van der Waals surface area contributed by atoms with Gasteiger partial charge >= 0.3 is 0 Å². The number of aryl methyl sites for hydroxylation is 1. The molecule has 154 valence electrons. The van der Waals surface area contributed by atoms with Gasteiger partial charge in [0.25, 0.3) is 5.91 Å². The van der Waals surface area contributed by atoms with Gasteiger partial charge in [-0.25, -0.2) is 9.97 Å². The molecule has 0 spiro atoms. The van der Waals surface area contributed by atoms with E-state index in [0.717, 1.165) is 29.8 Å². The number of benzene rings is 3. The summed E-state index contributed by atoms with van der Waals surface area (Å²) in [5.74, 6) is 0.596. The number of hydrogen-bond acceptors (Lipinski definition) is 4. The van der Waals surface area contributed by atoms with Crippen LogP contribution in [-0.4, -0.2) is 22.4 Å². The molecule has 0 bridgehead atoms. The van der Waals surface area contributed by atoms with Gasteiger partial charge in [-0.2, -0.15) is 0 Å². The second-order valence-corrected chi connectivity index (χ2v) is 7.21. The Bertz CT molecular complexity index is 1130. The van der Waals surface area contributed by atoms with E-state index in [4.69, 9.17) is 0 Å². The largest absolute Gasteiger partial charge is 0.352 e. The van der Waals surface area contributed by atoms with Crippen molar-refractivity contribution in [2.24, 2.45) is 0 Å². The SMILES string of the molecule is O=C(NCCCc1ccccc1)c1cccc(Nc2cc(-c3ccccc3)ncn2)c1. The first-order valence-corrected chi connectivity index (χ1v) is 10.3. The van der Waals surface area contributed by atoms with Crippen LogP contribution in [0.25, 0.3) is 11.3 Å². The fraction of sp³-hybridized carbons (Fsp3) is 0.115. The summed E-state index contributed by atoms with van der Waals surface area (Å²) in [7, 11) is 0. The lowest BCUT2D eigenvalue weighted by molar-refractivity contribution is 0.0953. The van der Waals surface area contributed by atoms with Crippen molar-refractivity contribution >= 4 is 17.4 Å². The predicted octanol–water partition coefficient (Wildman–Crippen LogP) is 5.25. The van der Waals surface area contributed by atoms with Gasteiger partial charge in [-0.1, -0.05) is 66.7 Å². The van der Waals surface area contributed by atoms with E-state index < -0.39 is 0 Å². The minimum absolute atomic E-state index is 0.0793. The van der Waals surface area contributed by atoms with Crippen LogP contribution in [0, 0.1) is 0 Å². The van der Waals surface area contributed by atoms with Crippen molar-refractivity contribution in [2.45, 2.75) is 12.8 Å². The number of carbonyl (C=O) groups excluding carboxylic acids is 1. The van der Waals surface area contributed by atoms with E-state index in [-0.39, 0.29) is 5.91 Å². The first-order chi connectivity index (χ1) is 15.3. The predicted molar refractivity (Wildman–Crippen MR) is 124 cm³/mol. The normalized spacial score (nSPS) is 10.5. The number of anilines is 2. The molecule has 0 saturated heterocycles. The van der Waals surface area contributed by atoms with E-state index >= 15 is 0 Å². The molecule has 1 amide bonds. The van der Waals surface area contributed by atoms with Crippen molar-refractivity contribution in [3.05, 3.63) is 108 Å². The van der Waals surface area contributed by atoms with Crippen molar-refractivity contribution < 1.29 is 4.79 Å². The van der Waals surface area contributed by atoms with Gasteiger partial charge < -0.3 is 10.6 Å². The zero-order valence-corrected chi connectivity index (χ0v) is 17.2. The molecule has 0 atom stereocenters. The van der Waals surface area contributed by atoms with Crippen LogP contribution in [0.15, 0.2) is 97.3 Å². The summed E-state index contributed by atoms with van der Waals surface area (Å²) in [6.07, 6.45) is 3.38. The highest BCUT2D eigenvalue weighted by atomic mass is 16.1. The lowest BCUT2D eigenvalue weighted by Crippen LogP contribution is -2.24. The van der Waals surface area contributed by atoms with Crippen LogP contribution in [0.1, 0.15) is 22.3 Å². The number of amides is 1. The fourth-order valence-corrected chi connectivity index (χ4v) is 3.32. The highest BCUT2D eigenvalue weighted by Gasteiger charge is 2.07. The van der Waals surface area contributed by atoms with Crippen molar-refractivity contribution in [1.82, 2.24) is 15.3 Å². The first-order valence-electron chi connectivity index (χ1n) is 10.3. The average molecular weight is 409 g/mol. The van der Waals surface area contributed by atoms with Gasteiger partial charge in [0.05, 0.1) is 5.69 Å². The van der Waals surface area contributed by atoms with E-state index in [2.05, 4.69) is 32.7 Å². The molecule has 0 aliphatic rings. The monoisotopic (exact) mass is 408 g/mol. The van der Waals surface area contributed by atoms with E-state index in [0.29, 0.717) is 17.9 Å². The highest BCUT2D eigenvalue weighted by molar-refractivity contribution is 5.95. The van der Waals surface area contributed by atoms with Gasteiger partial charge in [0.15, 0.2) is 0 Å². The third kappa shape index (κ3) is 5.76. The molecule has 0 aliphatic carbocycles. The maximum Gasteiger partial charge on any atom is 0.251 e. The van der Waals surface area contributed by atoms with Gasteiger partial charge in [-0.05, 0) is 36.6 Å². The quantitative estimate of drug-likeness (QED) is 0.391. The summed E-state index contributed by atoms with van der Waals surface area (Å²) in [5, 5.41) is 6.27. The van der Waals surface area contributed by atoms with Gasteiger partial charge in [-0.3, -0.25) is 4.79 Å². The maximum atomic E-state index is 12.5. The Morgan fingerprint density at radius 3 is 2.39 bits per heavy atom. The van der Waals surface area contributed by atoms with E-state index in [9.17, 15) is 4.79 Å². The molecule has 31 heavy (non-hydrogen) atoms. The smallest absolute Gasteiger partial charge is 0.251 e. The molecule has 4 aromatic rings. The molecule has 0 saturated carbocycles. The summed E-state index contributed by atoms with van der Waals surface area (Å²) in [5.41, 5.74) is 4.56. The van der Waals surface area contributed by atoms with Gasteiger partial charge in [0.1, 0.15) is 12.1 Å². The van der Waals surface area contributed by atoms with Crippen LogP contribution in [0.4, 0.5) is 11.5 Å². The van der Waals surface area contributed by atoms with Crippen LogP contribution in [0.3, 0.4) is 0 Å². The van der Waals surface area contributed by atoms with Gasteiger partial charge in [0.2, 0.25) is 0 Å². The van der Waals surface area contributed by atoms with Crippen molar-refractivity contribution in [2.75, 3.05) is 11.9 Å². The van der Waals surface area contributed by atoms with E-state index in [1.165, 1.54) is 11.9 Å². The zero-order valence-electron chi connectivity index (χ0n) is 17.2. The van der Waals surface area contributed by atoms with Crippen LogP contribution in [-0.2, 0) is 6.42 Å². The third-order valence-electron chi connectivity index (χ3n) is 4.90. The molecule has 0 radical (unpaired) electrons. The molecule has 5 heteroatoms. The van der Waals surface area contributed by atoms with Crippen LogP contribution in [0.5, 0.6) is 0 Å². The number of aromatic nitrogens is 2. The summed E-state index contributed by atoms with van der Waals surface area (Å²) < 4.78 is 0. The fourth-order valence-electron chi connectivity index (χ4n) is 3.32.